The first-order valence-corrected chi connectivity index (χ1v) is 11.3. The number of nitrogens with zero attached hydrogens (tertiary/aromatic N) is 3. The fraction of sp³-hybridized carbons (Fsp3) is 0.458. The van der Waals surface area contributed by atoms with E-state index in [0.29, 0.717) is 40.0 Å². The molecule has 0 saturated heterocycles. The van der Waals surface area contributed by atoms with E-state index >= 15 is 0 Å². The van der Waals surface area contributed by atoms with E-state index in [2.05, 4.69) is 27.6 Å². The van der Waals surface area contributed by atoms with Crippen molar-refractivity contribution in [3.63, 3.8) is 0 Å². The van der Waals surface area contributed by atoms with Gasteiger partial charge >= 0.3 is 0 Å². The predicted octanol–water partition coefficient (Wildman–Crippen LogP) is 3.11. The Hall–Kier alpha value is -3.49. The lowest BCUT2D eigenvalue weighted by molar-refractivity contribution is -0.119. The van der Waals surface area contributed by atoms with Crippen molar-refractivity contribution in [3.05, 3.63) is 47.5 Å². The number of nitrogens with two attached hydrogens (primary N) is 1. The van der Waals surface area contributed by atoms with Gasteiger partial charge < -0.3 is 21.8 Å². The van der Waals surface area contributed by atoms with E-state index < -0.39 is 6.04 Å². The SMILES string of the molecule is CC(=N)/C(=C(/C)N)c1ccc(NC(=O)[C@@H](NC(=O)c2ccnn2C)[C@H]2CC[C@H](C)CC2)nc1. The van der Waals surface area contributed by atoms with Crippen LogP contribution >= 0.6 is 0 Å². The molecule has 5 N–H and O–H groups in total. The number of amides is 2. The molecular weight excluding hydrogens is 418 g/mol. The number of hydrogen-bond donors (Lipinski definition) is 4. The number of aryl methyl sites for hydroxylation is 1. The summed E-state index contributed by atoms with van der Waals surface area (Å²) in [6.45, 7) is 5.62. The van der Waals surface area contributed by atoms with Crippen LogP contribution in [0.5, 0.6) is 0 Å². The van der Waals surface area contributed by atoms with Gasteiger partial charge in [0.15, 0.2) is 0 Å². The fourth-order valence-electron chi connectivity index (χ4n) is 4.39. The van der Waals surface area contributed by atoms with Crippen LogP contribution in [0.15, 0.2) is 36.3 Å². The van der Waals surface area contributed by atoms with E-state index in [1.165, 1.54) is 4.68 Å². The third-order valence-corrected chi connectivity index (χ3v) is 6.23. The number of allylic oxidation sites excluding steroid dienone is 2. The summed E-state index contributed by atoms with van der Waals surface area (Å²) in [4.78, 5) is 30.5. The monoisotopic (exact) mass is 451 g/mol. The van der Waals surface area contributed by atoms with Crippen molar-refractivity contribution in [2.45, 2.75) is 52.5 Å². The van der Waals surface area contributed by atoms with Crippen molar-refractivity contribution in [2.24, 2.45) is 24.6 Å². The highest BCUT2D eigenvalue weighted by atomic mass is 16.2. The lowest BCUT2D eigenvalue weighted by Gasteiger charge is -2.32. The van der Waals surface area contributed by atoms with Crippen molar-refractivity contribution in [1.29, 1.82) is 5.41 Å². The molecule has 2 aromatic rings. The fourth-order valence-corrected chi connectivity index (χ4v) is 4.39. The van der Waals surface area contributed by atoms with E-state index in [-0.39, 0.29) is 17.7 Å². The van der Waals surface area contributed by atoms with Crippen molar-refractivity contribution in [2.75, 3.05) is 5.32 Å². The Morgan fingerprint density at radius 2 is 1.88 bits per heavy atom. The van der Waals surface area contributed by atoms with Crippen LogP contribution < -0.4 is 16.4 Å². The molecule has 0 aliphatic heterocycles. The van der Waals surface area contributed by atoms with E-state index in [4.69, 9.17) is 11.1 Å². The molecule has 1 aliphatic rings. The molecule has 33 heavy (non-hydrogen) atoms. The Kier molecular flexibility index (Phi) is 7.63. The Morgan fingerprint density at radius 3 is 2.39 bits per heavy atom. The number of rotatable bonds is 7. The third kappa shape index (κ3) is 5.85. The Morgan fingerprint density at radius 1 is 1.18 bits per heavy atom. The Labute approximate surface area is 194 Å². The zero-order valence-corrected chi connectivity index (χ0v) is 19.7. The van der Waals surface area contributed by atoms with Crippen molar-refractivity contribution in [1.82, 2.24) is 20.1 Å². The van der Waals surface area contributed by atoms with E-state index in [1.807, 2.05) is 0 Å². The molecule has 2 aromatic heterocycles. The lowest BCUT2D eigenvalue weighted by Crippen LogP contribution is -2.49. The molecule has 0 radical (unpaired) electrons. The minimum absolute atomic E-state index is 0.0487. The van der Waals surface area contributed by atoms with Crippen LogP contribution in [0.1, 0.15) is 62.5 Å². The maximum absolute atomic E-state index is 13.3. The van der Waals surface area contributed by atoms with Crippen molar-refractivity contribution in [3.8, 4) is 0 Å². The summed E-state index contributed by atoms with van der Waals surface area (Å²) in [6, 6.07) is 4.41. The minimum atomic E-state index is -0.674. The zero-order chi connectivity index (χ0) is 24.1. The minimum Gasteiger partial charge on any atom is -0.402 e. The number of carbonyl (C=O) groups is 2. The van der Waals surface area contributed by atoms with Crippen LogP contribution in [0.25, 0.3) is 5.57 Å². The first kappa shape index (κ1) is 24.2. The lowest BCUT2D eigenvalue weighted by atomic mass is 9.79. The summed E-state index contributed by atoms with van der Waals surface area (Å²) < 4.78 is 1.49. The summed E-state index contributed by atoms with van der Waals surface area (Å²) in [5.74, 6) is 0.431. The normalized spacial score (nSPS) is 19.9. The van der Waals surface area contributed by atoms with Gasteiger partial charge in [-0.25, -0.2) is 4.98 Å². The van der Waals surface area contributed by atoms with Gasteiger partial charge in [0.05, 0.1) is 0 Å². The summed E-state index contributed by atoms with van der Waals surface area (Å²) in [6.07, 6.45) is 6.95. The highest BCUT2D eigenvalue weighted by Gasteiger charge is 2.33. The standard InChI is InChI=1S/C24H33N7O2/c1-14-5-7-17(8-6-14)22(30-23(32)19-11-12-28-31(19)4)24(33)29-20-10-9-18(13-27-20)21(15(2)25)16(3)26/h9-14,17,22,25H,5-8,26H2,1-4H3,(H,30,32)(H,27,29,33)/b21-16+,25-15?/t14-,17-,22-/m0/s1. The second kappa shape index (κ2) is 10.4. The van der Waals surface area contributed by atoms with Crippen molar-refractivity contribution < 1.29 is 9.59 Å². The molecule has 0 unspecified atom stereocenters. The average Bonchev–Trinajstić information content (AvgIpc) is 3.19. The van der Waals surface area contributed by atoms with Gasteiger partial charge in [0, 0.05) is 42.0 Å². The van der Waals surface area contributed by atoms with Gasteiger partial charge in [0.2, 0.25) is 5.91 Å². The molecule has 176 valence electrons. The molecule has 2 amide bonds. The van der Waals surface area contributed by atoms with Crippen LogP contribution in [0, 0.1) is 17.2 Å². The Balaban J connectivity index is 1.78. The van der Waals surface area contributed by atoms with Gasteiger partial charge in [0.1, 0.15) is 17.6 Å². The average molecular weight is 452 g/mol. The highest BCUT2D eigenvalue weighted by molar-refractivity contribution is 6.21. The van der Waals surface area contributed by atoms with Crippen LogP contribution in [-0.2, 0) is 11.8 Å². The number of anilines is 1. The molecule has 9 heteroatoms. The predicted molar refractivity (Wildman–Crippen MR) is 129 cm³/mol. The maximum Gasteiger partial charge on any atom is 0.270 e. The van der Waals surface area contributed by atoms with Gasteiger partial charge in [-0.05, 0) is 56.7 Å². The van der Waals surface area contributed by atoms with Gasteiger partial charge in [-0.2, -0.15) is 5.10 Å². The quantitative estimate of drug-likeness (QED) is 0.479. The van der Waals surface area contributed by atoms with Crippen LogP contribution in [0.3, 0.4) is 0 Å². The van der Waals surface area contributed by atoms with Crippen LogP contribution in [-0.4, -0.2) is 38.3 Å². The molecule has 2 heterocycles. The van der Waals surface area contributed by atoms with E-state index in [1.54, 1.807) is 51.5 Å². The second-order valence-electron chi connectivity index (χ2n) is 8.92. The summed E-state index contributed by atoms with van der Waals surface area (Å²) in [5, 5.41) is 17.8. The van der Waals surface area contributed by atoms with Gasteiger partial charge in [0.25, 0.3) is 5.91 Å². The molecule has 1 aliphatic carbocycles. The summed E-state index contributed by atoms with van der Waals surface area (Å²) in [7, 11) is 1.69. The van der Waals surface area contributed by atoms with Gasteiger partial charge in [-0.3, -0.25) is 14.3 Å². The number of carbonyl (C=O) groups excluding carboxylic acids is 2. The topological polar surface area (TPSA) is 139 Å². The molecule has 0 bridgehead atoms. The summed E-state index contributed by atoms with van der Waals surface area (Å²) in [5.41, 5.74) is 8.53. The molecule has 1 saturated carbocycles. The van der Waals surface area contributed by atoms with Gasteiger partial charge in [-0.1, -0.05) is 19.8 Å². The van der Waals surface area contributed by atoms with E-state index in [9.17, 15) is 9.59 Å². The number of nitrogens with one attached hydrogen (secondary N) is 3. The summed E-state index contributed by atoms with van der Waals surface area (Å²) >= 11 is 0. The van der Waals surface area contributed by atoms with Crippen LogP contribution in [0.2, 0.25) is 0 Å². The molecule has 3 rings (SSSR count). The maximum atomic E-state index is 13.3. The van der Waals surface area contributed by atoms with Crippen molar-refractivity contribution >= 4 is 28.9 Å². The number of hydrogen-bond acceptors (Lipinski definition) is 6. The first-order chi connectivity index (χ1) is 15.7. The molecule has 0 spiro atoms. The number of aromatic nitrogens is 3. The molecular formula is C24H33N7O2. The molecule has 1 fully saturated rings. The van der Waals surface area contributed by atoms with Crippen LogP contribution in [0.4, 0.5) is 5.82 Å². The second-order valence-corrected chi connectivity index (χ2v) is 8.92. The third-order valence-electron chi connectivity index (χ3n) is 6.23. The molecule has 9 nitrogen and oxygen atoms in total. The largest absolute Gasteiger partial charge is 0.402 e. The van der Waals surface area contributed by atoms with E-state index in [0.717, 1.165) is 25.7 Å². The number of pyridine rings is 1. The molecule has 0 aromatic carbocycles. The zero-order valence-electron chi connectivity index (χ0n) is 19.7. The first-order valence-electron chi connectivity index (χ1n) is 11.3. The highest BCUT2D eigenvalue weighted by Crippen LogP contribution is 2.31. The smallest absolute Gasteiger partial charge is 0.270 e. The van der Waals surface area contributed by atoms with Gasteiger partial charge in [-0.15, -0.1) is 0 Å². The Bertz CT molecular complexity index is 1040. The molecule has 1 atom stereocenters.